The molecule has 5 rings (SSSR count). The normalized spacial score (nSPS) is 18.5. The molecule has 0 saturated heterocycles. The van der Waals surface area contributed by atoms with Gasteiger partial charge in [0.2, 0.25) is 10.0 Å². The Labute approximate surface area is 200 Å². The van der Waals surface area contributed by atoms with Crippen LogP contribution in [0.4, 0.5) is 0 Å². The molecule has 0 aliphatic heterocycles. The summed E-state index contributed by atoms with van der Waals surface area (Å²) in [5, 5.41) is 6.13. The molecule has 0 amide bonds. The summed E-state index contributed by atoms with van der Waals surface area (Å²) in [6.07, 6.45) is 0.630. The van der Waals surface area contributed by atoms with Gasteiger partial charge in [-0.1, -0.05) is 66.7 Å². The minimum absolute atomic E-state index is 0.0234. The summed E-state index contributed by atoms with van der Waals surface area (Å²) >= 11 is 0. The molecule has 34 heavy (non-hydrogen) atoms. The molecule has 174 valence electrons. The number of ether oxygens (including phenoxy) is 1. The lowest BCUT2D eigenvalue weighted by molar-refractivity contribution is 0.402. The molecule has 1 aliphatic carbocycles. The molecule has 0 heterocycles. The van der Waals surface area contributed by atoms with E-state index in [0.29, 0.717) is 12.2 Å². The lowest BCUT2D eigenvalue weighted by atomic mass is 9.98. The van der Waals surface area contributed by atoms with Gasteiger partial charge in [-0.15, -0.1) is 0 Å². The van der Waals surface area contributed by atoms with Crippen molar-refractivity contribution in [2.75, 3.05) is 7.11 Å². The van der Waals surface area contributed by atoms with Gasteiger partial charge in [0, 0.05) is 18.1 Å². The van der Waals surface area contributed by atoms with Gasteiger partial charge in [0.1, 0.15) is 5.75 Å². The summed E-state index contributed by atoms with van der Waals surface area (Å²) in [7, 11) is -2.14. The largest absolute Gasteiger partial charge is 0.497 e. The van der Waals surface area contributed by atoms with Gasteiger partial charge in [-0.05, 0) is 65.1 Å². The molecule has 4 aromatic rings. The smallest absolute Gasteiger partial charge is 0.240 e. The molecule has 3 atom stereocenters. The number of hydrogen-bond donors (Lipinski definition) is 2. The van der Waals surface area contributed by atoms with Crippen molar-refractivity contribution in [3.05, 3.63) is 108 Å². The van der Waals surface area contributed by atoms with Crippen molar-refractivity contribution in [2.45, 2.75) is 36.4 Å². The van der Waals surface area contributed by atoms with E-state index in [9.17, 15) is 8.42 Å². The summed E-state index contributed by atoms with van der Waals surface area (Å²) in [4.78, 5) is 0.227. The van der Waals surface area contributed by atoms with Gasteiger partial charge in [0.25, 0.3) is 0 Å². The predicted molar refractivity (Wildman–Crippen MR) is 135 cm³/mol. The molecule has 4 aromatic carbocycles. The highest BCUT2D eigenvalue weighted by Gasteiger charge is 2.36. The van der Waals surface area contributed by atoms with Crippen LogP contribution < -0.4 is 14.8 Å². The Morgan fingerprint density at radius 3 is 2.38 bits per heavy atom. The monoisotopic (exact) mass is 472 g/mol. The van der Waals surface area contributed by atoms with Crippen LogP contribution >= 0.6 is 0 Å². The van der Waals surface area contributed by atoms with Crippen LogP contribution in [-0.4, -0.2) is 21.6 Å². The van der Waals surface area contributed by atoms with Crippen LogP contribution in [0.15, 0.2) is 95.9 Å². The number of hydrogen-bond acceptors (Lipinski definition) is 4. The van der Waals surface area contributed by atoms with Gasteiger partial charge in [0.05, 0.1) is 12.0 Å². The van der Waals surface area contributed by atoms with E-state index in [4.69, 9.17) is 4.74 Å². The molecule has 0 saturated carbocycles. The highest BCUT2D eigenvalue weighted by atomic mass is 32.2. The molecule has 0 bridgehead atoms. The van der Waals surface area contributed by atoms with Crippen molar-refractivity contribution < 1.29 is 13.2 Å². The van der Waals surface area contributed by atoms with Gasteiger partial charge in [0.15, 0.2) is 0 Å². The molecule has 0 aromatic heterocycles. The van der Waals surface area contributed by atoms with Gasteiger partial charge in [-0.2, -0.15) is 0 Å². The third-order valence-electron chi connectivity index (χ3n) is 6.63. The standard InChI is InChI=1S/C28H28N2O3S/c1-19(24-13-7-10-20-8-3-5-11-25(20)24)29-28-26-12-6-4-9-21(26)18-27(28)30-34(31,32)23-16-14-22(33-2)15-17-23/h3-17,19,27-30H,18H2,1-2H3/t19?,27-,28-/m1/s1. The number of methoxy groups -OCH3 is 1. The molecule has 0 spiro atoms. The second kappa shape index (κ2) is 9.22. The summed E-state index contributed by atoms with van der Waals surface area (Å²) in [5.41, 5.74) is 3.49. The van der Waals surface area contributed by atoms with Gasteiger partial charge < -0.3 is 10.1 Å². The zero-order valence-corrected chi connectivity index (χ0v) is 20.0. The van der Waals surface area contributed by atoms with Crippen LogP contribution in [0.3, 0.4) is 0 Å². The molecule has 6 heteroatoms. The number of nitrogens with one attached hydrogen (secondary N) is 2. The van der Waals surface area contributed by atoms with Crippen molar-refractivity contribution in [3.63, 3.8) is 0 Å². The third kappa shape index (κ3) is 4.32. The number of fused-ring (bicyclic) bond motifs is 2. The van der Waals surface area contributed by atoms with Gasteiger partial charge in [-0.3, -0.25) is 0 Å². The molecule has 2 N–H and O–H groups in total. The van der Waals surface area contributed by atoms with Crippen molar-refractivity contribution >= 4 is 20.8 Å². The molecular weight excluding hydrogens is 444 g/mol. The van der Waals surface area contributed by atoms with Crippen LogP contribution in [0.2, 0.25) is 0 Å². The van der Waals surface area contributed by atoms with Crippen molar-refractivity contribution in [1.29, 1.82) is 0 Å². The Bertz CT molecular complexity index is 1410. The maximum Gasteiger partial charge on any atom is 0.240 e. The topological polar surface area (TPSA) is 67.4 Å². The molecular formula is C28H28N2O3S. The summed E-state index contributed by atoms with van der Waals surface area (Å²) < 4.78 is 34.6. The second-order valence-corrected chi connectivity index (χ2v) is 10.5. The maximum absolute atomic E-state index is 13.2. The molecule has 1 unspecified atom stereocenters. The molecule has 0 radical (unpaired) electrons. The van der Waals surface area contributed by atoms with Crippen LogP contribution in [0.25, 0.3) is 10.8 Å². The SMILES string of the molecule is COc1ccc(S(=O)(=O)N[C@@H]2Cc3ccccc3[C@H]2NC(C)c2cccc3ccccc23)cc1. The Morgan fingerprint density at radius 2 is 1.59 bits per heavy atom. The highest BCUT2D eigenvalue weighted by molar-refractivity contribution is 7.89. The van der Waals surface area contributed by atoms with E-state index in [1.54, 1.807) is 31.4 Å². The zero-order valence-electron chi connectivity index (χ0n) is 19.2. The molecule has 1 aliphatic rings. The summed E-state index contributed by atoms with van der Waals surface area (Å²) in [6, 6.07) is 28.9. The van der Waals surface area contributed by atoms with E-state index < -0.39 is 10.0 Å². The third-order valence-corrected chi connectivity index (χ3v) is 8.13. The quantitative estimate of drug-likeness (QED) is 0.391. The van der Waals surface area contributed by atoms with Crippen LogP contribution in [0.1, 0.15) is 35.7 Å². The van der Waals surface area contributed by atoms with E-state index in [1.165, 1.54) is 16.3 Å². The lowest BCUT2D eigenvalue weighted by Crippen LogP contribution is -2.43. The fourth-order valence-corrected chi connectivity index (χ4v) is 6.17. The lowest BCUT2D eigenvalue weighted by Gasteiger charge is -2.27. The van der Waals surface area contributed by atoms with Crippen molar-refractivity contribution in [2.24, 2.45) is 0 Å². The van der Waals surface area contributed by atoms with Crippen LogP contribution in [-0.2, 0) is 16.4 Å². The van der Waals surface area contributed by atoms with E-state index in [-0.39, 0.29) is 23.0 Å². The van der Waals surface area contributed by atoms with Gasteiger partial charge >= 0.3 is 0 Å². The Hall–Kier alpha value is -3.19. The second-order valence-electron chi connectivity index (χ2n) is 8.74. The van der Waals surface area contributed by atoms with Crippen molar-refractivity contribution in [3.8, 4) is 5.75 Å². The fraction of sp³-hybridized carbons (Fsp3) is 0.214. The van der Waals surface area contributed by atoms with E-state index in [1.807, 2.05) is 18.2 Å². The minimum atomic E-state index is -3.70. The Balaban J connectivity index is 1.44. The number of benzene rings is 4. The van der Waals surface area contributed by atoms with E-state index >= 15 is 0 Å². The van der Waals surface area contributed by atoms with E-state index in [0.717, 1.165) is 11.1 Å². The molecule has 0 fully saturated rings. The first kappa shape index (κ1) is 22.6. The first-order valence-electron chi connectivity index (χ1n) is 11.4. The zero-order chi connectivity index (χ0) is 23.7. The first-order valence-corrected chi connectivity index (χ1v) is 12.9. The fourth-order valence-electron chi connectivity index (χ4n) is 4.92. The van der Waals surface area contributed by atoms with Crippen molar-refractivity contribution in [1.82, 2.24) is 10.0 Å². The summed E-state index contributed by atoms with van der Waals surface area (Å²) in [6.45, 7) is 2.14. The van der Waals surface area contributed by atoms with Crippen LogP contribution in [0, 0.1) is 0 Å². The predicted octanol–water partition coefficient (Wildman–Crippen LogP) is 5.14. The Morgan fingerprint density at radius 1 is 0.882 bits per heavy atom. The van der Waals surface area contributed by atoms with Crippen LogP contribution in [0.5, 0.6) is 5.75 Å². The first-order chi connectivity index (χ1) is 16.5. The average Bonchev–Trinajstić information content (AvgIpc) is 3.19. The highest BCUT2D eigenvalue weighted by Crippen LogP contribution is 2.35. The molecule has 5 nitrogen and oxygen atoms in total. The minimum Gasteiger partial charge on any atom is -0.497 e. The Kier molecular flexibility index (Phi) is 6.13. The maximum atomic E-state index is 13.2. The average molecular weight is 473 g/mol. The summed E-state index contributed by atoms with van der Waals surface area (Å²) in [5.74, 6) is 0.621. The number of sulfonamides is 1. The van der Waals surface area contributed by atoms with Gasteiger partial charge in [-0.25, -0.2) is 13.1 Å². The van der Waals surface area contributed by atoms with E-state index in [2.05, 4.69) is 65.5 Å². The number of rotatable bonds is 7.